The van der Waals surface area contributed by atoms with Crippen molar-refractivity contribution in [2.24, 2.45) is 5.10 Å². The summed E-state index contributed by atoms with van der Waals surface area (Å²) >= 11 is 0. The average Bonchev–Trinajstić information content (AvgIpc) is 2.73. The molecule has 5 rings (SSSR count). The predicted molar refractivity (Wildman–Crippen MR) is 120 cm³/mol. The summed E-state index contributed by atoms with van der Waals surface area (Å²) in [7, 11) is 0. The van der Waals surface area contributed by atoms with E-state index in [0.29, 0.717) is 5.82 Å². The van der Waals surface area contributed by atoms with Crippen molar-refractivity contribution < 1.29 is 0 Å². The van der Waals surface area contributed by atoms with Gasteiger partial charge in [0.2, 0.25) is 0 Å². The van der Waals surface area contributed by atoms with Crippen LogP contribution in [-0.4, -0.2) is 6.21 Å². The highest BCUT2D eigenvalue weighted by molar-refractivity contribution is 6.25. The van der Waals surface area contributed by atoms with E-state index in [-0.39, 0.29) is 0 Å². The minimum absolute atomic E-state index is 0.625. The Hall–Kier alpha value is -3.85. The van der Waals surface area contributed by atoms with Crippen molar-refractivity contribution in [1.82, 2.24) is 5.43 Å². The van der Waals surface area contributed by atoms with Crippen molar-refractivity contribution in [3.8, 4) is 0 Å². The molecule has 2 N–H and O–H groups in total. The van der Waals surface area contributed by atoms with E-state index in [1.807, 2.05) is 36.5 Å². The molecule has 0 aliphatic carbocycles. The van der Waals surface area contributed by atoms with Crippen LogP contribution >= 0.6 is 0 Å². The van der Waals surface area contributed by atoms with Crippen LogP contribution in [-0.2, 0) is 0 Å². The van der Waals surface area contributed by atoms with E-state index in [4.69, 9.17) is 0 Å². The zero-order valence-electron chi connectivity index (χ0n) is 15.3. The Morgan fingerprint density at radius 3 is 2.18 bits per heavy atom. The summed E-state index contributed by atoms with van der Waals surface area (Å²) < 4.78 is 0. The third-order valence-corrected chi connectivity index (χ3v) is 5.03. The first-order chi connectivity index (χ1) is 13.8. The van der Waals surface area contributed by atoms with Gasteiger partial charge in [-0.25, -0.2) is 0 Å². The van der Waals surface area contributed by atoms with Crippen molar-refractivity contribution in [1.29, 1.82) is 0 Å². The van der Waals surface area contributed by atoms with Crippen molar-refractivity contribution in [2.45, 2.75) is 0 Å². The van der Waals surface area contributed by atoms with E-state index in [9.17, 15) is 0 Å². The maximum Gasteiger partial charge on any atom is 0.116 e. The summed E-state index contributed by atoms with van der Waals surface area (Å²) in [5.74, 6) is 0.625. The van der Waals surface area contributed by atoms with E-state index in [1.165, 1.54) is 32.3 Å². The molecule has 0 amide bonds. The molecule has 0 aromatic heterocycles. The summed E-state index contributed by atoms with van der Waals surface area (Å²) in [5, 5.41) is 15.2. The molecule has 0 aliphatic rings. The fourth-order valence-electron chi connectivity index (χ4n) is 3.77. The van der Waals surface area contributed by atoms with E-state index >= 15 is 0 Å². The zero-order valence-corrected chi connectivity index (χ0v) is 15.3. The van der Waals surface area contributed by atoms with Gasteiger partial charge < -0.3 is 5.32 Å². The van der Waals surface area contributed by atoms with Crippen LogP contribution in [0.2, 0.25) is 0 Å². The lowest BCUT2D eigenvalue weighted by atomic mass is 9.92. The zero-order chi connectivity index (χ0) is 18.9. The maximum absolute atomic E-state index is 4.38. The second-order valence-electron chi connectivity index (χ2n) is 6.85. The summed E-state index contributed by atoms with van der Waals surface area (Å²) in [6.07, 6.45) is 1.85. The number of hydrogen-bond acceptors (Lipinski definition) is 3. The van der Waals surface area contributed by atoms with Crippen LogP contribution in [0, 0.1) is 0 Å². The van der Waals surface area contributed by atoms with E-state index in [1.54, 1.807) is 0 Å². The lowest BCUT2D eigenvalue weighted by molar-refractivity contribution is 0.905. The van der Waals surface area contributed by atoms with Crippen LogP contribution in [0.25, 0.3) is 32.3 Å². The molecule has 5 aromatic rings. The molecular weight excluding hydrogens is 342 g/mol. The van der Waals surface area contributed by atoms with Gasteiger partial charge in [-0.05, 0) is 44.5 Å². The fraction of sp³-hybridized carbons (Fsp3) is 0. The molecule has 0 radical (unpaired) electrons. The highest BCUT2D eigenvalue weighted by Gasteiger charge is 2.09. The summed E-state index contributed by atoms with van der Waals surface area (Å²) in [5.41, 5.74) is 5.02. The van der Waals surface area contributed by atoms with Crippen molar-refractivity contribution in [2.75, 3.05) is 5.32 Å². The molecule has 0 fully saturated rings. The minimum atomic E-state index is 0.625. The van der Waals surface area contributed by atoms with Crippen LogP contribution in [0.1, 0.15) is 5.56 Å². The first-order valence-electron chi connectivity index (χ1n) is 9.26. The van der Waals surface area contributed by atoms with Crippen molar-refractivity contribution in [3.63, 3.8) is 0 Å². The number of hydrazone groups is 1. The van der Waals surface area contributed by atoms with E-state index in [2.05, 4.69) is 77.0 Å². The monoisotopic (exact) mass is 361 g/mol. The fourth-order valence-corrected chi connectivity index (χ4v) is 3.77. The first-order valence-corrected chi connectivity index (χ1v) is 9.26. The standard InChI is InChI=1S/C25H19N3/c1-17(27-22-8-3-2-4-9-22)28-26-16-21-13-12-20-11-10-18-6-5-7-19-14-15-23(21)25(20)24(18)19/h2-16,27-28H,1H2/b26-16+. The molecule has 0 spiro atoms. The molecule has 3 nitrogen and oxygen atoms in total. The van der Waals surface area contributed by atoms with Gasteiger partial charge in [0.05, 0.1) is 6.21 Å². The maximum atomic E-state index is 4.38. The second-order valence-corrected chi connectivity index (χ2v) is 6.85. The number of nitrogens with one attached hydrogen (secondary N) is 2. The third kappa shape index (κ3) is 2.83. The molecule has 0 atom stereocenters. The van der Waals surface area contributed by atoms with Gasteiger partial charge in [0.15, 0.2) is 0 Å². The summed E-state index contributed by atoms with van der Waals surface area (Å²) in [6, 6.07) is 29.4. The normalized spacial score (nSPS) is 11.6. The number of rotatable bonds is 5. The quantitative estimate of drug-likeness (QED) is 0.226. The average molecular weight is 361 g/mol. The molecule has 134 valence electrons. The number of hydrogen-bond donors (Lipinski definition) is 2. The number of anilines is 1. The number of benzene rings is 5. The Bertz CT molecular complexity index is 1300. The molecule has 0 bridgehead atoms. The van der Waals surface area contributed by atoms with E-state index < -0.39 is 0 Å². The largest absolute Gasteiger partial charge is 0.341 e. The highest BCUT2D eigenvalue weighted by Crippen LogP contribution is 2.35. The first kappa shape index (κ1) is 16.3. The molecule has 0 saturated heterocycles. The smallest absolute Gasteiger partial charge is 0.116 e. The molecule has 5 aromatic carbocycles. The van der Waals surface area contributed by atoms with Gasteiger partial charge in [-0.2, -0.15) is 5.10 Å². The lowest BCUT2D eigenvalue weighted by Gasteiger charge is -2.12. The van der Waals surface area contributed by atoms with Crippen LogP contribution < -0.4 is 10.7 Å². The molecule has 3 heteroatoms. The molecule has 0 heterocycles. The van der Waals surface area contributed by atoms with Gasteiger partial charge in [-0.3, -0.25) is 5.43 Å². The molecular formula is C25H19N3. The van der Waals surface area contributed by atoms with E-state index in [0.717, 1.165) is 11.3 Å². The Morgan fingerprint density at radius 1 is 0.714 bits per heavy atom. The van der Waals surface area contributed by atoms with Crippen molar-refractivity contribution in [3.05, 3.63) is 103 Å². The summed E-state index contributed by atoms with van der Waals surface area (Å²) in [6.45, 7) is 3.97. The van der Waals surface area contributed by atoms with Crippen LogP contribution in [0.15, 0.2) is 102 Å². The topological polar surface area (TPSA) is 36.4 Å². The molecule has 0 saturated carbocycles. The van der Waals surface area contributed by atoms with Crippen LogP contribution in [0.5, 0.6) is 0 Å². The Balaban J connectivity index is 1.47. The van der Waals surface area contributed by atoms with Crippen LogP contribution in [0.3, 0.4) is 0 Å². The van der Waals surface area contributed by atoms with Crippen molar-refractivity contribution >= 4 is 44.2 Å². The minimum Gasteiger partial charge on any atom is -0.341 e. The number of nitrogens with zero attached hydrogens (tertiary/aromatic N) is 1. The Labute approximate surface area is 163 Å². The molecule has 28 heavy (non-hydrogen) atoms. The SMILES string of the molecule is C=C(N/N=C/c1ccc2ccc3cccc4ccc1c2c34)Nc1ccccc1. The summed E-state index contributed by atoms with van der Waals surface area (Å²) in [4.78, 5) is 0. The third-order valence-electron chi connectivity index (χ3n) is 5.03. The van der Waals surface area contributed by atoms with Gasteiger partial charge in [0.1, 0.15) is 5.82 Å². The van der Waals surface area contributed by atoms with Crippen LogP contribution in [0.4, 0.5) is 5.69 Å². The van der Waals surface area contributed by atoms with Gasteiger partial charge in [0.25, 0.3) is 0 Å². The second kappa shape index (κ2) is 6.71. The molecule has 0 aliphatic heterocycles. The Morgan fingerprint density at radius 2 is 1.39 bits per heavy atom. The molecule has 0 unspecified atom stereocenters. The van der Waals surface area contributed by atoms with Gasteiger partial charge >= 0.3 is 0 Å². The predicted octanol–water partition coefficient (Wildman–Crippen LogP) is 6.09. The number of para-hydroxylation sites is 1. The Kier molecular flexibility index (Phi) is 3.91. The van der Waals surface area contributed by atoms with Gasteiger partial charge in [0, 0.05) is 11.3 Å². The lowest BCUT2D eigenvalue weighted by Crippen LogP contribution is -2.12. The van der Waals surface area contributed by atoms with Gasteiger partial charge in [-0.15, -0.1) is 0 Å². The highest BCUT2D eigenvalue weighted by atomic mass is 15.3. The van der Waals surface area contributed by atoms with Gasteiger partial charge in [-0.1, -0.05) is 79.4 Å².